The summed E-state index contributed by atoms with van der Waals surface area (Å²) >= 11 is 0. The van der Waals surface area contributed by atoms with E-state index in [1.165, 1.54) is 0 Å². The second kappa shape index (κ2) is 7.07. The summed E-state index contributed by atoms with van der Waals surface area (Å²) in [6.07, 6.45) is 3.12. The van der Waals surface area contributed by atoms with Crippen LogP contribution in [0.15, 0.2) is 28.9 Å². The Labute approximate surface area is 147 Å². The number of fused-ring (bicyclic) bond motifs is 1. The van der Waals surface area contributed by atoms with E-state index >= 15 is 0 Å². The van der Waals surface area contributed by atoms with Crippen LogP contribution in [0.1, 0.15) is 25.3 Å². The Morgan fingerprint density at radius 1 is 1.40 bits per heavy atom. The van der Waals surface area contributed by atoms with E-state index in [-0.39, 0.29) is 29.9 Å². The van der Waals surface area contributed by atoms with E-state index in [0.29, 0.717) is 24.3 Å². The number of benzene rings is 1. The molecule has 1 amide bonds. The number of amides is 1. The normalized spacial score (nSPS) is 19.2. The van der Waals surface area contributed by atoms with E-state index < -0.39 is 9.84 Å². The molecule has 1 aromatic carbocycles. The van der Waals surface area contributed by atoms with Gasteiger partial charge < -0.3 is 14.1 Å². The lowest BCUT2D eigenvalue weighted by molar-refractivity contribution is -0.132. The number of hydrogen-bond acceptors (Lipinski definition) is 5. The average molecular weight is 365 g/mol. The summed E-state index contributed by atoms with van der Waals surface area (Å²) in [6.45, 7) is 2.56. The first kappa shape index (κ1) is 17.8. The van der Waals surface area contributed by atoms with Crippen molar-refractivity contribution >= 4 is 26.7 Å². The molecule has 136 valence electrons. The quantitative estimate of drug-likeness (QED) is 0.786. The fraction of sp³-hybridized carbons (Fsp3) is 0.500. The minimum Gasteiger partial charge on any atom is -0.497 e. The zero-order valence-corrected chi connectivity index (χ0v) is 15.3. The van der Waals surface area contributed by atoms with Gasteiger partial charge in [0.1, 0.15) is 11.3 Å². The van der Waals surface area contributed by atoms with Crippen LogP contribution in [0, 0.1) is 0 Å². The lowest BCUT2D eigenvalue weighted by Gasteiger charge is -2.28. The third kappa shape index (κ3) is 3.81. The van der Waals surface area contributed by atoms with Gasteiger partial charge >= 0.3 is 0 Å². The molecule has 3 rings (SSSR count). The second-order valence-electron chi connectivity index (χ2n) is 6.44. The van der Waals surface area contributed by atoms with Gasteiger partial charge in [0.25, 0.3) is 0 Å². The van der Waals surface area contributed by atoms with Gasteiger partial charge in [0, 0.05) is 29.6 Å². The Balaban J connectivity index is 1.79. The van der Waals surface area contributed by atoms with Gasteiger partial charge in [-0.2, -0.15) is 0 Å². The van der Waals surface area contributed by atoms with E-state index in [9.17, 15) is 13.2 Å². The van der Waals surface area contributed by atoms with E-state index in [0.717, 1.165) is 17.4 Å². The summed E-state index contributed by atoms with van der Waals surface area (Å²) in [5.74, 6) is 0.882. The highest BCUT2D eigenvalue weighted by atomic mass is 32.2. The van der Waals surface area contributed by atoms with Crippen LogP contribution >= 0.6 is 0 Å². The number of rotatable bonds is 6. The highest BCUT2D eigenvalue weighted by Gasteiger charge is 2.34. The van der Waals surface area contributed by atoms with Gasteiger partial charge in [0.15, 0.2) is 9.84 Å². The second-order valence-corrected chi connectivity index (χ2v) is 8.67. The van der Waals surface area contributed by atoms with Crippen LogP contribution in [0.2, 0.25) is 0 Å². The maximum absolute atomic E-state index is 12.8. The minimum atomic E-state index is -3.02. The molecule has 0 N–H and O–H groups in total. The Kier molecular flexibility index (Phi) is 5.03. The summed E-state index contributed by atoms with van der Waals surface area (Å²) in [4.78, 5) is 14.6. The number of hydrogen-bond donors (Lipinski definition) is 0. The molecule has 1 aromatic heterocycles. The van der Waals surface area contributed by atoms with Crippen LogP contribution in [0.3, 0.4) is 0 Å². The monoisotopic (exact) mass is 365 g/mol. The molecule has 0 bridgehead atoms. The summed E-state index contributed by atoms with van der Waals surface area (Å²) in [5, 5.41) is 0.879. The topological polar surface area (TPSA) is 76.8 Å². The van der Waals surface area contributed by atoms with Gasteiger partial charge in [-0.25, -0.2) is 8.42 Å². The molecule has 0 radical (unpaired) electrons. The number of ether oxygens (including phenoxy) is 1. The lowest BCUT2D eigenvalue weighted by Crippen LogP contribution is -2.42. The molecule has 2 heterocycles. The highest BCUT2D eigenvalue weighted by Crippen LogP contribution is 2.27. The maximum atomic E-state index is 12.8. The van der Waals surface area contributed by atoms with Crippen molar-refractivity contribution in [2.24, 2.45) is 0 Å². The molecule has 7 heteroatoms. The molecule has 1 fully saturated rings. The van der Waals surface area contributed by atoms with E-state index in [2.05, 4.69) is 0 Å². The lowest BCUT2D eigenvalue weighted by atomic mass is 10.1. The third-order valence-corrected chi connectivity index (χ3v) is 6.39. The number of sulfone groups is 1. The molecule has 1 aliphatic heterocycles. The Morgan fingerprint density at radius 3 is 2.84 bits per heavy atom. The Morgan fingerprint density at radius 2 is 2.20 bits per heavy atom. The molecule has 2 aromatic rings. The molecule has 6 nitrogen and oxygen atoms in total. The zero-order valence-electron chi connectivity index (χ0n) is 14.5. The molecular weight excluding hydrogens is 342 g/mol. The van der Waals surface area contributed by atoms with Crippen molar-refractivity contribution in [1.82, 2.24) is 4.90 Å². The first-order valence-electron chi connectivity index (χ1n) is 8.47. The minimum absolute atomic E-state index is 0.0533. The van der Waals surface area contributed by atoms with Gasteiger partial charge in [0.2, 0.25) is 5.91 Å². The smallest absolute Gasteiger partial charge is 0.227 e. The molecule has 0 aliphatic carbocycles. The van der Waals surface area contributed by atoms with Crippen molar-refractivity contribution in [1.29, 1.82) is 0 Å². The van der Waals surface area contributed by atoms with Crippen LogP contribution < -0.4 is 4.74 Å². The van der Waals surface area contributed by atoms with Gasteiger partial charge in [0.05, 0.1) is 31.3 Å². The predicted molar refractivity (Wildman–Crippen MR) is 95.5 cm³/mol. The van der Waals surface area contributed by atoms with Gasteiger partial charge in [-0.1, -0.05) is 6.92 Å². The largest absolute Gasteiger partial charge is 0.497 e. The maximum Gasteiger partial charge on any atom is 0.227 e. The van der Waals surface area contributed by atoms with Crippen molar-refractivity contribution in [3.05, 3.63) is 30.0 Å². The van der Waals surface area contributed by atoms with Gasteiger partial charge in [-0.05, 0) is 25.0 Å². The molecular formula is C18H23NO5S. The Hall–Kier alpha value is -2.02. The molecule has 1 aliphatic rings. The van der Waals surface area contributed by atoms with Crippen molar-refractivity contribution < 1.29 is 22.4 Å². The van der Waals surface area contributed by atoms with E-state index in [1.807, 2.05) is 19.1 Å². The van der Waals surface area contributed by atoms with Crippen molar-refractivity contribution in [3.8, 4) is 5.75 Å². The number of nitrogens with zero attached hydrogens (tertiary/aromatic N) is 1. The van der Waals surface area contributed by atoms with Crippen molar-refractivity contribution in [2.75, 3.05) is 25.2 Å². The molecule has 0 unspecified atom stereocenters. The third-order valence-electron chi connectivity index (χ3n) is 4.64. The van der Waals surface area contributed by atoms with Crippen LogP contribution in [0.25, 0.3) is 11.0 Å². The molecule has 1 saturated heterocycles. The van der Waals surface area contributed by atoms with Crippen LogP contribution in [-0.4, -0.2) is 50.4 Å². The fourth-order valence-electron chi connectivity index (χ4n) is 3.36. The molecule has 0 spiro atoms. The summed E-state index contributed by atoms with van der Waals surface area (Å²) in [5.41, 5.74) is 1.48. The van der Waals surface area contributed by atoms with Crippen LogP contribution in [0.5, 0.6) is 5.75 Å². The summed E-state index contributed by atoms with van der Waals surface area (Å²) in [6, 6.07) is 5.29. The van der Waals surface area contributed by atoms with E-state index in [1.54, 1.807) is 24.3 Å². The SMILES string of the molecule is CCCN(C(=O)Cc1coc2cc(OC)ccc12)[C@H]1CCS(=O)(=O)C1. The first-order valence-corrected chi connectivity index (χ1v) is 10.3. The Bertz CT molecular complexity index is 871. The summed E-state index contributed by atoms with van der Waals surface area (Å²) in [7, 11) is -1.43. The fourth-order valence-corrected chi connectivity index (χ4v) is 5.10. The van der Waals surface area contributed by atoms with Crippen molar-refractivity contribution in [2.45, 2.75) is 32.2 Å². The average Bonchev–Trinajstić information content (AvgIpc) is 3.15. The van der Waals surface area contributed by atoms with Gasteiger partial charge in [-0.15, -0.1) is 0 Å². The first-order chi connectivity index (χ1) is 11.9. The predicted octanol–water partition coefficient (Wildman–Crippen LogP) is 2.41. The molecule has 0 saturated carbocycles. The molecule has 25 heavy (non-hydrogen) atoms. The van der Waals surface area contributed by atoms with E-state index in [4.69, 9.17) is 9.15 Å². The number of furan rings is 1. The highest BCUT2D eigenvalue weighted by molar-refractivity contribution is 7.91. The molecule has 1 atom stereocenters. The standard InChI is InChI=1S/C18H23NO5S/c1-3-7-19(14-6-8-25(21,22)12-14)18(20)9-13-11-24-17-10-15(23-2)4-5-16(13)17/h4-5,10-11,14H,3,6-9,12H2,1-2H3/t14-/m0/s1. The zero-order chi connectivity index (χ0) is 18.0. The van der Waals surface area contributed by atoms with Crippen molar-refractivity contribution in [3.63, 3.8) is 0 Å². The van der Waals surface area contributed by atoms with Gasteiger partial charge in [-0.3, -0.25) is 4.79 Å². The van der Waals surface area contributed by atoms with Crippen LogP contribution in [0.4, 0.5) is 0 Å². The van der Waals surface area contributed by atoms with Crippen LogP contribution in [-0.2, 0) is 21.1 Å². The number of methoxy groups -OCH3 is 1. The number of carbonyl (C=O) groups is 1. The summed E-state index contributed by atoms with van der Waals surface area (Å²) < 4.78 is 34.2. The number of carbonyl (C=O) groups excluding carboxylic acids is 1.